The summed E-state index contributed by atoms with van der Waals surface area (Å²) in [5, 5.41) is 0. The molecule has 4 nitrogen and oxygen atoms in total. The zero-order valence-electron chi connectivity index (χ0n) is 8.86. The van der Waals surface area contributed by atoms with Gasteiger partial charge in [0.2, 0.25) is 0 Å². The number of aromatic amines is 1. The summed E-state index contributed by atoms with van der Waals surface area (Å²) in [6.07, 6.45) is 1.69. The first-order chi connectivity index (χ1) is 7.74. The van der Waals surface area contributed by atoms with Crippen molar-refractivity contribution in [3.63, 3.8) is 0 Å². The van der Waals surface area contributed by atoms with Gasteiger partial charge in [-0.2, -0.15) is 0 Å². The molecule has 0 spiro atoms. The van der Waals surface area contributed by atoms with Gasteiger partial charge in [-0.15, -0.1) is 0 Å². The number of ether oxygens (including phenoxy) is 1. The highest BCUT2D eigenvalue weighted by Crippen LogP contribution is 2.27. The molecule has 3 N–H and O–H groups in total. The summed E-state index contributed by atoms with van der Waals surface area (Å²) in [4.78, 5) is 14.5. The Bertz CT molecular complexity index is 517. The molecule has 0 aliphatic heterocycles. The SMILES string of the molecule is COC(=O)c1cc[nH]c1-c1ccccc1N. The van der Waals surface area contributed by atoms with Crippen molar-refractivity contribution in [1.82, 2.24) is 4.98 Å². The molecular formula is C12H12N2O2. The quantitative estimate of drug-likeness (QED) is 0.596. The number of H-pyrrole nitrogens is 1. The average molecular weight is 216 g/mol. The highest BCUT2D eigenvalue weighted by atomic mass is 16.5. The van der Waals surface area contributed by atoms with Crippen molar-refractivity contribution >= 4 is 11.7 Å². The van der Waals surface area contributed by atoms with Crippen LogP contribution in [-0.2, 0) is 4.74 Å². The number of nitrogen functional groups attached to an aromatic ring is 1. The van der Waals surface area contributed by atoms with Gasteiger partial charge in [-0.05, 0) is 12.1 Å². The summed E-state index contributed by atoms with van der Waals surface area (Å²) in [6.45, 7) is 0. The van der Waals surface area contributed by atoms with Crippen LogP contribution in [-0.4, -0.2) is 18.1 Å². The zero-order chi connectivity index (χ0) is 11.5. The van der Waals surface area contributed by atoms with E-state index in [1.807, 2.05) is 18.2 Å². The first kappa shape index (κ1) is 10.3. The third-order valence-electron chi connectivity index (χ3n) is 2.38. The van der Waals surface area contributed by atoms with Gasteiger partial charge in [-0.3, -0.25) is 0 Å². The Morgan fingerprint density at radius 1 is 1.31 bits per heavy atom. The number of rotatable bonds is 2. The van der Waals surface area contributed by atoms with Crippen LogP contribution in [0.3, 0.4) is 0 Å². The molecule has 82 valence electrons. The predicted molar refractivity (Wildman–Crippen MR) is 62.0 cm³/mol. The lowest BCUT2D eigenvalue weighted by molar-refractivity contribution is 0.0602. The molecule has 16 heavy (non-hydrogen) atoms. The zero-order valence-corrected chi connectivity index (χ0v) is 8.86. The lowest BCUT2D eigenvalue weighted by atomic mass is 10.1. The van der Waals surface area contributed by atoms with Crippen LogP contribution in [0.1, 0.15) is 10.4 Å². The third-order valence-corrected chi connectivity index (χ3v) is 2.38. The minimum Gasteiger partial charge on any atom is -0.465 e. The average Bonchev–Trinajstić information content (AvgIpc) is 2.77. The summed E-state index contributed by atoms with van der Waals surface area (Å²) in [7, 11) is 1.35. The van der Waals surface area contributed by atoms with Crippen LogP contribution in [0.2, 0.25) is 0 Å². The Labute approximate surface area is 93.0 Å². The normalized spacial score (nSPS) is 10.1. The van der Waals surface area contributed by atoms with E-state index < -0.39 is 0 Å². The van der Waals surface area contributed by atoms with Crippen molar-refractivity contribution in [3.05, 3.63) is 42.1 Å². The van der Waals surface area contributed by atoms with Gasteiger partial charge < -0.3 is 15.5 Å². The molecule has 0 aliphatic rings. The molecule has 0 amide bonds. The molecule has 0 radical (unpaired) electrons. The maximum Gasteiger partial charge on any atom is 0.340 e. The molecule has 1 aromatic heterocycles. The second kappa shape index (κ2) is 4.10. The molecule has 0 saturated carbocycles. The number of esters is 1. The maximum atomic E-state index is 11.5. The van der Waals surface area contributed by atoms with E-state index in [1.54, 1.807) is 18.3 Å². The second-order valence-electron chi connectivity index (χ2n) is 3.35. The van der Waals surface area contributed by atoms with E-state index in [0.29, 0.717) is 16.9 Å². The van der Waals surface area contributed by atoms with E-state index in [-0.39, 0.29) is 5.97 Å². The molecule has 0 atom stereocenters. The van der Waals surface area contributed by atoms with E-state index in [2.05, 4.69) is 4.98 Å². The van der Waals surface area contributed by atoms with Crippen LogP contribution in [0, 0.1) is 0 Å². The fourth-order valence-electron chi connectivity index (χ4n) is 1.60. The Morgan fingerprint density at radius 3 is 2.75 bits per heavy atom. The highest BCUT2D eigenvalue weighted by molar-refractivity contribution is 5.97. The number of benzene rings is 1. The van der Waals surface area contributed by atoms with Crippen molar-refractivity contribution in [1.29, 1.82) is 0 Å². The summed E-state index contributed by atoms with van der Waals surface area (Å²) >= 11 is 0. The standard InChI is InChI=1S/C12H12N2O2/c1-16-12(15)9-6-7-14-11(9)8-4-2-3-5-10(8)13/h2-7,14H,13H2,1H3. The number of hydrogen-bond donors (Lipinski definition) is 2. The van der Waals surface area contributed by atoms with Gasteiger partial charge >= 0.3 is 5.97 Å². The minimum absolute atomic E-state index is 0.375. The van der Waals surface area contributed by atoms with Crippen LogP contribution >= 0.6 is 0 Å². The van der Waals surface area contributed by atoms with Gasteiger partial charge in [0.05, 0.1) is 18.4 Å². The Kier molecular flexibility index (Phi) is 2.64. The molecular weight excluding hydrogens is 204 g/mol. The van der Waals surface area contributed by atoms with Crippen molar-refractivity contribution in [2.45, 2.75) is 0 Å². The molecule has 0 fully saturated rings. The van der Waals surface area contributed by atoms with Gasteiger partial charge in [0.1, 0.15) is 0 Å². The van der Waals surface area contributed by atoms with Crippen molar-refractivity contribution in [2.75, 3.05) is 12.8 Å². The van der Waals surface area contributed by atoms with E-state index >= 15 is 0 Å². The topological polar surface area (TPSA) is 68.1 Å². The molecule has 0 saturated heterocycles. The second-order valence-corrected chi connectivity index (χ2v) is 3.35. The van der Waals surface area contributed by atoms with Gasteiger partial charge in [0.25, 0.3) is 0 Å². The molecule has 0 bridgehead atoms. The number of hydrogen-bond acceptors (Lipinski definition) is 3. The molecule has 4 heteroatoms. The lowest BCUT2D eigenvalue weighted by Crippen LogP contribution is -2.02. The van der Waals surface area contributed by atoms with Crippen molar-refractivity contribution < 1.29 is 9.53 Å². The van der Waals surface area contributed by atoms with Crippen molar-refractivity contribution in [3.8, 4) is 11.3 Å². The number of methoxy groups -OCH3 is 1. The summed E-state index contributed by atoms with van der Waals surface area (Å²) in [5.41, 5.74) is 8.44. The Balaban J connectivity index is 2.53. The number of nitrogens with one attached hydrogen (secondary N) is 1. The van der Waals surface area contributed by atoms with Crippen LogP contribution in [0.25, 0.3) is 11.3 Å². The predicted octanol–water partition coefficient (Wildman–Crippen LogP) is 2.05. The van der Waals surface area contributed by atoms with E-state index in [1.165, 1.54) is 7.11 Å². The highest BCUT2D eigenvalue weighted by Gasteiger charge is 2.15. The number of carbonyl (C=O) groups is 1. The molecule has 1 heterocycles. The molecule has 0 aliphatic carbocycles. The van der Waals surface area contributed by atoms with E-state index in [4.69, 9.17) is 10.5 Å². The molecule has 0 unspecified atom stereocenters. The fraction of sp³-hybridized carbons (Fsp3) is 0.0833. The van der Waals surface area contributed by atoms with Gasteiger partial charge in [-0.25, -0.2) is 4.79 Å². The number of para-hydroxylation sites is 1. The third kappa shape index (κ3) is 1.65. The van der Waals surface area contributed by atoms with Crippen molar-refractivity contribution in [2.24, 2.45) is 0 Å². The fourth-order valence-corrected chi connectivity index (χ4v) is 1.60. The van der Waals surface area contributed by atoms with Crippen LogP contribution < -0.4 is 5.73 Å². The van der Waals surface area contributed by atoms with Gasteiger partial charge in [0.15, 0.2) is 0 Å². The van der Waals surface area contributed by atoms with Gasteiger partial charge in [-0.1, -0.05) is 18.2 Å². The number of anilines is 1. The summed E-state index contributed by atoms with van der Waals surface area (Å²) in [6, 6.07) is 9.03. The van der Waals surface area contributed by atoms with Crippen LogP contribution in [0.5, 0.6) is 0 Å². The minimum atomic E-state index is -0.375. The lowest BCUT2D eigenvalue weighted by Gasteiger charge is -2.05. The smallest absolute Gasteiger partial charge is 0.340 e. The number of carbonyl (C=O) groups excluding carboxylic acids is 1. The monoisotopic (exact) mass is 216 g/mol. The van der Waals surface area contributed by atoms with Crippen LogP contribution in [0.4, 0.5) is 5.69 Å². The summed E-state index contributed by atoms with van der Waals surface area (Å²) in [5.74, 6) is -0.375. The van der Waals surface area contributed by atoms with Crippen LogP contribution in [0.15, 0.2) is 36.5 Å². The number of nitrogens with two attached hydrogens (primary N) is 1. The van der Waals surface area contributed by atoms with Gasteiger partial charge in [0, 0.05) is 17.4 Å². The van der Waals surface area contributed by atoms with E-state index in [9.17, 15) is 4.79 Å². The maximum absolute atomic E-state index is 11.5. The number of aromatic nitrogens is 1. The largest absolute Gasteiger partial charge is 0.465 e. The molecule has 1 aromatic carbocycles. The first-order valence-corrected chi connectivity index (χ1v) is 4.84. The Morgan fingerprint density at radius 2 is 2.06 bits per heavy atom. The first-order valence-electron chi connectivity index (χ1n) is 4.84. The molecule has 2 rings (SSSR count). The Hall–Kier alpha value is -2.23. The summed E-state index contributed by atoms with van der Waals surface area (Å²) < 4.78 is 4.70. The molecule has 2 aromatic rings. The van der Waals surface area contributed by atoms with E-state index in [0.717, 1.165) is 5.56 Å².